The molecule has 1 aliphatic heterocycles. The summed E-state index contributed by atoms with van der Waals surface area (Å²) in [5.41, 5.74) is 4.52. The van der Waals surface area contributed by atoms with Crippen molar-refractivity contribution in [3.63, 3.8) is 0 Å². The summed E-state index contributed by atoms with van der Waals surface area (Å²) in [4.78, 5) is 13.5. The number of hydrogen-bond donors (Lipinski definition) is 1. The van der Waals surface area contributed by atoms with Gasteiger partial charge in [0, 0.05) is 12.2 Å². The molecule has 0 aliphatic carbocycles. The van der Waals surface area contributed by atoms with E-state index in [1.165, 1.54) is 4.31 Å². The molecule has 0 bridgehead atoms. The van der Waals surface area contributed by atoms with E-state index >= 15 is 0 Å². The van der Waals surface area contributed by atoms with Gasteiger partial charge in [0.15, 0.2) is 0 Å². The summed E-state index contributed by atoms with van der Waals surface area (Å²) in [5, 5.41) is 2.93. The molecule has 6 heteroatoms. The number of fused-ring (bicyclic) bond motifs is 1. The maximum atomic E-state index is 13.5. The normalized spacial score (nSPS) is 16.7. The number of rotatable bonds is 4. The number of anilines is 1. The summed E-state index contributed by atoms with van der Waals surface area (Å²) in [5.74, 6) is -0.325. The number of sulfonamides is 1. The molecule has 3 aromatic carbocycles. The molecule has 0 saturated heterocycles. The Morgan fingerprint density at radius 1 is 0.900 bits per heavy atom. The van der Waals surface area contributed by atoms with E-state index in [0.717, 1.165) is 22.3 Å². The first kappa shape index (κ1) is 20.3. The van der Waals surface area contributed by atoms with Gasteiger partial charge >= 0.3 is 0 Å². The predicted molar refractivity (Wildman–Crippen MR) is 118 cm³/mol. The second-order valence-electron chi connectivity index (χ2n) is 7.66. The van der Waals surface area contributed by atoms with Gasteiger partial charge in [-0.25, -0.2) is 8.42 Å². The molecule has 0 radical (unpaired) electrons. The quantitative estimate of drug-likeness (QED) is 0.692. The number of aryl methyl sites for hydroxylation is 2. The summed E-state index contributed by atoms with van der Waals surface area (Å²) in [6, 6.07) is 21.1. The lowest BCUT2D eigenvalue weighted by molar-refractivity contribution is -0.120. The number of para-hydroxylation sites is 1. The molecule has 154 valence electrons. The second kappa shape index (κ2) is 8.05. The molecule has 1 atom stereocenters. The fourth-order valence-electron chi connectivity index (χ4n) is 3.75. The third-order valence-corrected chi connectivity index (χ3v) is 7.41. The SMILES string of the molecule is Cc1ccc(S(=O)(=O)N2Cc3ccccc3C[C@@H]2C(=O)Nc2ccccc2C)cc1. The van der Waals surface area contributed by atoms with Crippen molar-refractivity contribution >= 4 is 21.6 Å². The van der Waals surface area contributed by atoms with Crippen LogP contribution < -0.4 is 5.32 Å². The van der Waals surface area contributed by atoms with E-state index in [-0.39, 0.29) is 17.3 Å². The summed E-state index contributed by atoms with van der Waals surface area (Å²) in [6.45, 7) is 3.98. The first-order valence-corrected chi connectivity index (χ1v) is 11.3. The molecule has 5 nitrogen and oxygen atoms in total. The first-order chi connectivity index (χ1) is 14.4. The zero-order chi connectivity index (χ0) is 21.3. The smallest absolute Gasteiger partial charge is 0.244 e. The third-order valence-electron chi connectivity index (χ3n) is 5.54. The largest absolute Gasteiger partial charge is 0.324 e. The van der Waals surface area contributed by atoms with Gasteiger partial charge in [-0.05, 0) is 55.2 Å². The summed E-state index contributed by atoms with van der Waals surface area (Å²) >= 11 is 0. The summed E-state index contributed by atoms with van der Waals surface area (Å²) in [7, 11) is -3.85. The van der Waals surface area contributed by atoms with Gasteiger partial charge in [-0.15, -0.1) is 0 Å². The topological polar surface area (TPSA) is 66.5 Å². The molecule has 0 aromatic heterocycles. The highest BCUT2D eigenvalue weighted by Gasteiger charge is 2.39. The number of amides is 1. The van der Waals surface area contributed by atoms with Crippen molar-refractivity contribution in [1.82, 2.24) is 4.31 Å². The third kappa shape index (κ3) is 3.88. The van der Waals surface area contributed by atoms with Crippen molar-refractivity contribution in [2.45, 2.75) is 37.8 Å². The molecular weight excluding hydrogens is 396 g/mol. The molecule has 30 heavy (non-hydrogen) atoms. The number of nitrogens with zero attached hydrogens (tertiary/aromatic N) is 1. The van der Waals surface area contributed by atoms with Gasteiger partial charge in [-0.2, -0.15) is 4.31 Å². The van der Waals surface area contributed by atoms with Gasteiger partial charge in [-0.3, -0.25) is 4.79 Å². The van der Waals surface area contributed by atoms with Crippen LogP contribution in [0.3, 0.4) is 0 Å². The fourth-order valence-corrected chi connectivity index (χ4v) is 5.32. The number of carbonyl (C=O) groups is 1. The van der Waals surface area contributed by atoms with Gasteiger partial charge in [0.2, 0.25) is 15.9 Å². The minimum Gasteiger partial charge on any atom is -0.324 e. The molecule has 0 spiro atoms. The lowest BCUT2D eigenvalue weighted by Crippen LogP contribution is -2.50. The van der Waals surface area contributed by atoms with E-state index in [2.05, 4.69) is 5.32 Å². The molecule has 4 rings (SSSR count). The van der Waals surface area contributed by atoms with E-state index in [9.17, 15) is 13.2 Å². The highest BCUT2D eigenvalue weighted by Crippen LogP contribution is 2.30. The lowest BCUT2D eigenvalue weighted by Gasteiger charge is -2.35. The van der Waals surface area contributed by atoms with Crippen LogP contribution in [0.1, 0.15) is 22.3 Å². The van der Waals surface area contributed by atoms with Gasteiger partial charge in [0.25, 0.3) is 0 Å². The van der Waals surface area contributed by atoms with E-state index in [0.29, 0.717) is 12.1 Å². The van der Waals surface area contributed by atoms with Crippen LogP contribution in [-0.2, 0) is 27.8 Å². The highest BCUT2D eigenvalue weighted by atomic mass is 32.2. The Bertz CT molecular complexity index is 1190. The Balaban J connectivity index is 1.73. The molecule has 0 unspecified atom stereocenters. The number of benzene rings is 3. The average Bonchev–Trinajstić information content (AvgIpc) is 2.74. The van der Waals surface area contributed by atoms with Gasteiger partial charge in [0.05, 0.1) is 4.90 Å². The van der Waals surface area contributed by atoms with Crippen molar-refractivity contribution < 1.29 is 13.2 Å². The molecular formula is C24H24N2O3S. The minimum atomic E-state index is -3.85. The van der Waals surface area contributed by atoms with Crippen LogP contribution in [0.5, 0.6) is 0 Å². The Hall–Kier alpha value is -2.96. The molecule has 3 aromatic rings. The second-order valence-corrected chi connectivity index (χ2v) is 9.55. The van der Waals surface area contributed by atoms with Crippen LogP contribution in [0.15, 0.2) is 77.7 Å². The predicted octanol–water partition coefficient (Wildman–Crippen LogP) is 4.06. The van der Waals surface area contributed by atoms with Gasteiger partial charge in [-0.1, -0.05) is 60.2 Å². The Kier molecular flexibility index (Phi) is 5.45. The van der Waals surface area contributed by atoms with Crippen LogP contribution in [0, 0.1) is 13.8 Å². The Labute approximate surface area is 177 Å². The Morgan fingerprint density at radius 2 is 1.53 bits per heavy atom. The number of carbonyl (C=O) groups excluding carboxylic acids is 1. The van der Waals surface area contributed by atoms with E-state index in [1.807, 2.05) is 62.4 Å². The first-order valence-electron chi connectivity index (χ1n) is 9.88. The van der Waals surface area contributed by atoms with Crippen molar-refractivity contribution in [1.29, 1.82) is 0 Å². The van der Waals surface area contributed by atoms with Crippen LogP contribution in [0.4, 0.5) is 5.69 Å². The molecule has 1 amide bonds. The van der Waals surface area contributed by atoms with Crippen LogP contribution in [0.25, 0.3) is 0 Å². The van der Waals surface area contributed by atoms with Gasteiger partial charge in [0.1, 0.15) is 6.04 Å². The van der Waals surface area contributed by atoms with Crippen LogP contribution in [-0.4, -0.2) is 24.7 Å². The van der Waals surface area contributed by atoms with Crippen LogP contribution >= 0.6 is 0 Å². The number of hydrogen-bond acceptors (Lipinski definition) is 3. The van der Waals surface area contributed by atoms with Crippen molar-refractivity contribution in [2.75, 3.05) is 5.32 Å². The monoisotopic (exact) mass is 420 g/mol. The van der Waals surface area contributed by atoms with E-state index < -0.39 is 16.1 Å². The van der Waals surface area contributed by atoms with E-state index in [1.54, 1.807) is 24.3 Å². The molecule has 0 saturated carbocycles. The minimum absolute atomic E-state index is 0.165. The fraction of sp³-hybridized carbons (Fsp3) is 0.208. The van der Waals surface area contributed by atoms with E-state index in [4.69, 9.17) is 0 Å². The molecule has 0 fully saturated rings. The highest BCUT2D eigenvalue weighted by molar-refractivity contribution is 7.89. The maximum Gasteiger partial charge on any atom is 0.244 e. The number of nitrogens with one attached hydrogen (secondary N) is 1. The zero-order valence-electron chi connectivity index (χ0n) is 17.0. The maximum absolute atomic E-state index is 13.5. The molecule has 1 aliphatic rings. The molecule has 1 heterocycles. The van der Waals surface area contributed by atoms with Gasteiger partial charge < -0.3 is 5.32 Å². The Morgan fingerprint density at radius 3 is 2.23 bits per heavy atom. The standard InChI is InChI=1S/C24H24N2O3S/c1-17-11-13-21(14-12-17)30(28,29)26-16-20-9-5-4-8-19(20)15-23(26)24(27)25-22-10-6-3-7-18(22)2/h3-14,23H,15-16H2,1-2H3,(H,25,27)/t23-/m1/s1. The summed E-state index contributed by atoms with van der Waals surface area (Å²) in [6.07, 6.45) is 0.332. The lowest BCUT2D eigenvalue weighted by atomic mass is 9.95. The van der Waals surface area contributed by atoms with Crippen molar-refractivity contribution in [3.8, 4) is 0 Å². The van der Waals surface area contributed by atoms with Crippen LogP contribution in [0.2, 0.25) is 0 Å². The zero-order valence-corrected chi connectivity index (χ0v) is 17.8. The molecule has 1 N–H and O–H groups in total. The summed E-state index contributed by atoms with van der Waals surface area (Å²) < 4.78 is 28.3. The average molecular weight is 421 g/mol. The van der Waals surface area contributed by atoms with Crippen molar-refractivity contribution in [2.24, 2.45) is 0 Å². The van der Waals surface area contributed by atoms with Crippen molar-refractivity contribution in [3.05, 3.63) is 95.1 Å².